The van der Waals surface area contributed by atoms with Gasteiger partial charge < -0.3 is 13.7 Å². The van der Waals surface area contributed by atoms with Crippen molar-refractivity contribution in [2.24, 2.45) is 0 Å². The molecule has 174 valence electrons. The SMILES string of the molecule is COC(=O)C(OC(C)(C)C)c1c(C)cn2nc3ccccc3c2c1OS(=O)(=O)C(F)(F)F. The number of rotatable bonds is 5. The normalized spacial score (nSPS) is 14.0. The Kier molecular flexibility index (Phi) is 5.89. The molecule has 0 aliphatic carbocycles. The fraction of sp³-hybridized carbons (Fsp3) is 0.400. The lowest BCUT2D eigenvalue weighted by molar-refractivity contribution is -0.164. The van der Waals surface area contributed by atoms with Gasteiger partial charge in [0.15, 0.2) is 11.9 Å². The molecule has 0 amide bonds. The first-order valence-electron chi connectivity index (χ1n) is 9.33. The fourth-order valence-electron chi connectivity index (χ4n) is 3.18. The van der Waals surface area contributed by atoms with Crippen molar-refractivity contribution in [1.82, 2.24) is 9.61 Å². The van der Waals surface area contributed by atoms with Gasteiger partial charge >= 0.3 is 21.6 Å². The zero-order valence-corrected chi connectivity index (χ0v) is 18.7. The predicted octanol–water partition coefficient (Wildman–Crippen LogP) is 4.05. The van der Waals surface area contributed by atoms with Crippen molar-refractivity contribution in [2.45, 2.75) is 44.9 Å². The van der Waals surface area contributed by atoms with Gasteiger partial charge in [-0.1, -0.05) is 18.2 Å². The lowest BCUT2D eigenvalue weighted by Crippen LogP contribution is -2.31. The second kappa shape index (κ2) is 7.93. The maximum Gasteiger partial charge on any atom is 0.534 e. The van der Waals surface area contributed by atoms with Crippen molar-refractivity contribution in [3.8, 4) is 5.75 Å². The van der Waals surface area contributed by atoms with Crippen LogP contribution in [0, 0.1) is 6.92 Å². The number of fused-ring (bicyclic) bond motifs is 3. The summed E-state index contributed by atoms with van der Waals surface area (Å²) < 4.78 is 80.1. The molecule has 0 aliphatic heterocycles. The molecule has 12 heteroatoms. The average molecular weight is 474 g/mol. The molecule has 8 nitrogen and oxygen atoms in total. The van der Waals surface area contributed by atoms with Crippen LogP contribution in [0.15, 0.2) is 30.5 Å². The van der Waals surface area contributed by atoms with Crippen LogP contribution in [0.25, 0.3) is 16.4 Å². The summed E-state index contributed by atoms with van der Waals surface area (Å²) in [7, 11) is -5.01. The second-order valence-electron chi connectivity index (χ2n) is 7.98. The van der Waals surface area contributed by atoms with E-state index in [9.17, 15) is 26.4 Å². The van der Waals surface area contributed by atoms with Gasteiger partial charge in [-0.25, -0.2) is 9.31 Å². The summed E-state index contributed by atoms with van der Waals surface area (Å²) in [6, 6.07) is 6.41. The van der Waals surface area contributed by atoms with Crippen LogP contribution in [0.4, 0.5) is 13.2 Å². The first kappa shape index (κ1) is 23.8. The molecular weight excluding hydrogens is 453 g/mol. The Morgan fingerprint density at radius 1 is 1.16 bits per heavy atom. The topological polar surface area (TPSA) is 96.2 Å². The molecular formula is C20H21F3N2O6S. The smallest absolute Gasteiger partial charge is 0.467 e. The Balaban J connectivity index is 2.45. The van der Waals surface area contributed by atoms with E-state index >= 15 is 0 Å². The first-order valence-corrected chi connectivity index (χ1v) is 10.7. The van der Waals surface area contributed by atoms with Gasteiger partial charge in [-0.3, -0.25) is 0 Å². The summed E-state index contributed by atoms with van der Waals surface area (Å²) in [5, 5.41) is 4.59. The highest BCUT2D eigenvalue weighted by molar-refractivity contribution is 7.88. The Morgan fingerprint density at radius 3 is 2.34 bits per heavy atom. The average Bonchev–Trinajstić information content (AvgIpc) is 3.02. The summed E-state index contributed by atoms with van der Waals surface area (Å²) in [4.78, 5) is 12.6. The number of pyridine rings is 1. The van der Waals surface area contributed by atoms with E-state index in [1.165, 1.54) is 17.6 Å². The molecule has 0 radical (unpaired) electrons. The number of ether oxygens (including phenoxy) is 2. The molecule has 1 aromatic carbocycles. The van der Waals surface area contributed by atoms with Crippen molar-refractivity contribution in [1.29, 1.82) is 0 Å². The molecule has 0 saturated carbocycles. The molecule has 1 atom stereocenters. The van der Waals surface area contributed by atoms with E-state index in [-0.39, 0.29) is 16.6 Å². The van der Waals surface area contributed by atoms with Gasteiger partial charge in [-0.2, -0.15) is 26.7 Å². The molecule has 32 heavy (non-hydrogen) atoms. The number of alkyl halides is 3. The highest BCUT2D eigenvalue weighted by Gasteiger charge is 2.50. The molecule has 0 spiro atoms. The number of aryl methyl sites for hydroxylation is 1. The number of hydrogen-bond acceptors (Lipinski definition) is 7. The lowest BCUT2D eigenvalue weighted by Gasteiger charge is -2.28. The first-order chi connectivity index (χ1) is 14.7. The number of benzene rings is 1. The van der Waals surface area contributed by atoms with E-state index in [1.54, 1.807) is 45.0 Å². The standard InChI is InChI=1S/C20H21F3N2O6S/c1-11-10-25-15(12-8-6-7-9-13(12)24-25)16(31-32(27,28)20(21,22)23)14(11)17(18(26)29-5)30-19(2,3)4/h6-10,17H,1-5H3. The highest BCUT2D eigenvalue weighted by atomic mass is 32.2. The van der Waals surface area contributed by atoms with Gasteiger partial charge in [-0.05, 0) is 39.3 Å². The fourth-order valence-corrected chi connectivity index (χ4v) is 3.67. The van der Waals surface area contributed by atoms with Gasteiger partial charge in [0.25, 0.3) is 0 Å². The van der Waals surface area contributed by atoms with E-state index in [0.717, 1.165) is 7.11 Å². The van der Waals surface area contributed by atoms with E-state index < -0.39 is 39.1 Å². The Labute approximate surface area is 182 Å². The minimum absolute atomic E-state index is 0.0690. The molecule has 3 rings (SSSR count). The Hall–Kier alpha value is -2.86. The number of carbonyl (C=O) groups excluding carboxylic acids is 1. The highest BCUT2D eigenvalue weighted by Crippen LogP contribution is 2.42. The van der Waals surface area contributed by atoms with E-state index in [4.69, 9.17) is 9.47 Å². The molecule has 0 bridgehead atoms. The monoisotopic (exact) mass is 474 g/mol. The van der Waals surface area contributed by atoms with Crippen LogP contribution in [0.1, 0.15) is 38.0 Å². The molecule has 2 aromatic heterocycles. The van der Waals surface area contributed by atoms with E-state index in [1.807, 2.05) is 0 Å². The zero-order valence-electron chi connectivity index (χ0n) is 17.9. The molecule has 0 saturated heterocycles. The van der Waals surface area contributed by atoms with Gasteiger partial charge in [0, 0.05) is 17.1 Å². The maximum absolute atomic E-state index is 13.2. The summed E-state index contributed by atoms with van der Waals surface area (Å²) in [5.41, 5.74) is -6.34. The third-order valence-electron chi connectivity index (χ3n) is 4.43. The van der Waals surface area contributed by atoms with Crippen LogP contribution in [0.5, 0.6) is 5.75 Å². The molecule has 0 aliphatic rings. The van der Waals surface area contributed by atoms with Crippen LogP contribution < -0.4 is 4.18 Å². The van der Waals surface area contributed by atoms with Gasteiger partial charge in [0.1, 0.15) is 5.52 Å². The number of methoxy groups -OCH3 is 1. The van der Waals surface area contributed by atoms with E-state index in [0.29, 0.717) is 10.9 Å². The van der Waals surface area contributed by atoms with Crippen molar-refractivity contribution in [2.75, 3.05) is 7.11 Å². The van der Waals surface area contributed by atoms with Gasteiger partial charge in [0.05, 0.1) is 18.2 Å². The predicted molar refractivity (Wildman–Crippen MR) is 109 cm³/mol. The van der Waals surface area contributed by atoms with Crippen LogP contribution in [-0.4, -0.2) is 42.2 Å². The Bertz CT molecular complexity index is 1290. The minimum atomic E-state index is -6.09. The number of nitrogens with zero attached hydrogens (tertiary/aromatic N) is 2. The third-order valence-corrected chi connectivity index (χ3v) is 5.38. The molecule has 0 N–H and O–H groups in total. The molecule has 3 aromatic rings. The van der Waals surface area contributed by atoms with Crippen LogP contribution in [0.3, 0.4) is 0 Å². The van der Waals surface area contributed by atoms with Crippen molar-refractivity contribution >= 4 is 32.5 Å². The van der Waals surface area contributed by atoms with Crippen molar-refractivity contribution in [3.63, 3.8) is 0 Å². The summed E-state index contributed by atoms with van der Waals surface area (Å²) >= 11 is 0. The Morgan fingerprint density at radius 2 is 1.78 bits per heavy atom. The summed E-state index contributed by atoms with van der Waals surface area (Å²) in [6.45, 7) is 6.34. The number of hydrogen-bond donors (Lipinski definition) is 0. The number of esters is 1. The molecule has 2 heterocycles. The number of aromatic nitrogens is 2. The zero-order chi connectivity index (χ0) is 24.1. The molecule has 1 unspecified atom stereocenters. The summed E-state index contributed by atoms with van der Waals surface area (Å²) in [5.74, 6) is -1.65. The largest absolute Gasteiger partial charge is 0.534 e. The van der Waals surface area contributed by atoms with Crippen molar-refractivity contribution in [3.05, 3.63) is 41.6 Å². The molecule has 0 fully saturated rings. The van der Waals surface area contributed by atoms with E-state index in [2.05, 4.69) is 9.28 Å². The second-order valence-corrected chi connectivity index (χ2v) is 9.52. The van der Waals surface area contributed by atoms with Crippen molar-refractivity contribution < 1.29 is 40.0 Å². The van der Waals surface area contributed by atoms with Crippen LogP contribution in [-0.2, 0) is 24.4 Å². The lowest BCUT2D eigenvalue weighted by atomic mass is 10.0. The maximum atomic E-state index is 13.2. The van der Waals surface area contributed by atoms with Gasteiger partial charge in [0.2, 0.25) is 0 Å². The minimum Gasteiger partial charge on any atom is -0.467 e. The third kappa shape index (κ3) is 4.37. The van der Waals surface area contributed by atoms with Crippen LogP contribution in [0.2, 0.25) is 0 Å². The quantitative estimate of drug-likeness (QED) is 0.313. The number of carbonyl (C=O) groups is 1. The van der Waals surface area contributed by atoms with Gasteiger partial charge in [-0.15, -0.1) is 0 Å². The number of halogens is 3. The summed E-state index contributed by atoms with van der Waals surface area (Å²) in [6.07, 6.45) is -0.128. The van der Waals surface area contributed by atoms with Crippen LogP contribution >= 0.6 is 0 Å².